The zero-order valence-corrected chi connectivity index (χ0v) is 11.8. The van der Waals surface area contributed by atoms with Crippen molar-refractivity contribution in [1.29, 1.82) is 0 Å². The quantitative estimate of drug-likeness (QED) is 0.803. The van der Waals surface area contributed by atoms with Gasteiger partial charge in [0, 0.05) is 19.6 Å². The van der Waals surface area contributed by atoms with E-state index in [2.05, 4.69) is 33.5 Å². The largest absolute Gasteiger partial charge is 0.366 e. The lowest BCUT2D eigenvalue weighted by Gasteiger charge is -2.34. The van der Waals surface area contributed by atoms with E-state index in [0.717, 1.165) is 18.1 Å². The molecule has 0 aromatic carbocycles. The van der Waals surface area contributed by atoms with E-state index in [9.17, 15) is 0 Å². The summed E-state index contributed by atoms with van der Waals surface area (Å²) >= 11 is 5.05. The molecule has 0 unspecified atom stereocenters. The van der Waals surface area contributed by atoms with Crippen LogP contribution >= 0.6 is 12.2 Å². The Morgan fingerprint density at radius 2 is 2.28 bits per heavy atom. The van der Waals surface area contributed by atoms with Crippen molar-refractivity contribution in [1.82, 2.24) is 10.3 Å². The first-order valence-corrected chi connectivity index (χ1v) is 6.83. The van der Waals surface area contributed by atoms with Gasteiger partial charge in [0.15, 0.2) is 5.11 Å². The Kier molecular flexibility index (Phi) is 4.36. The van der Waals surface area contributed by atoms with E-state index >= 15 is 0 Å². The second-order valence-electron chi connectivity index (χ2n) is 4.65. The third-order valence-electron chi connectivity index (χ3n) is 3.33. The minimum atomic E-state index is 0.587. The van der Waals surface area contributed by atoms with E-state index in [1.807, 2.05) is 12.3 Å². The van der Waals surface area contributed by atoms with Gasteiger partial charge in [0.2, 0.25) is 0 Å². The Bertz CT molecular complexity index is 404. The van der Waals surface area contributed by atoms with Gasteiger partial charge < -0.3 is 15.5 Å². The molecule has 1 fully saturated rings. The molecule has 2 rings (SSSR count). The minimum absolute atomic E-state index is 0.587. The normalized spacial score (nSPS) is 19.4. The maximum atomic E-state index is 5.05. The van der Waals surface area contributed by atoms with Gasteiger partial charge >= 0.3 is 0 Å². The molecule has 98 valence electrons. The van der Waals surface area contributed by atoms with Crippen molar-refractivity contribution in [2.45, 2.75) is 32.2 Å². The van der Waals surface area contributed by atoms with Crippen LogP contribution in [0.4, 0.5) is 11.5 Å². The molecule has 2 N–H and O–H groups in total. The summed E-state index contributed by atoms with van der Waals surface area (Å²) in [5.74, 6) is 1.06. The van der Waals surface area contributed by atoms with Crippen LogP contribution in [0.3, 0.4) is 0 Å². The third kappa shape index (κ3) is 3.10. The van der Waals surface area contributed by atoms with Crippen molar-refractivity contribution in [3.63, 3.8) is 0 Å². The highest BCUT2D eigenvalue weighted by Crippen LogP contribution is 2.23. The molecular weight excluding hydrogens is 244 g/mol. The van der Waals surface area contributed by atoms with E-state index in [-0.39, 0.29) is 0 Å². The second kappa shape index (κ2) is 6.00. The van der Waals surface area contributed by atoms with Gasteiger partial charge in [-0.2, -0.15) is 0 Å². The molecule has 0 radical (unpaired) electrons. The maximum absolute atomic E-state index is 5.05. The molecule has 1 aliphatic heterocycles. The Morgan fingerprint density at radius 3 is 2.89 bits per heavy atom. The lowest BCUT2D eigenvalue weighted by molar-refractivity contribution is 0.481. The van der Waals surface area contributed by atoms with E-state index in [1.165, 1.54) is 19.3 Å². The number of piperidine rings is 1. The summed E-state index contributed by atoms with van der Waals surface area (Å²) in [6.45, 7) is 3.37. The van der Waals surface area contributed by atoms with E-state index in [0.29, 0.717) is 11.2 Å². The number of hydrogen-bond acceptors (Lipinski definition) is 3. The first-order chi connectivity index (χ1) is 8.70. The molecule has 1 aromatic heterocycles. The van der Waals surface area contributed by atoms with Crippen molar-refractivity contribution >= 4 is 28.8 Å². The van der Waals surface area contributed by atoms with E-state index < -0.39 is 0 Å². The number of rotatable bonds is 2. The smallest absolute Gasteiger partial charge is 0.170 e. The zero-order valence-electron chi connectivity index (χ0n) is 10.9. The molecule has 1 aliphatic rings. The standard InChI is InChI=1S/C13H20N4S/c1-10-5-3-4-8-17(10)12-7-6-11(9-15-12)16-13(18)14-2/h6-7,9-10H,3-5,8H2,1-2H3,(H2,14,16,18)/t10-/m0/s1. The Labute approximate surface area is 114 Å². The number of aromatic nitrogens is 1. The van der Waals surface area contributed by atoms with Gasteiger partial charge in [-0.3, -0.25) is 0 Å². The van der Waals surface area contributed by atoms with Gasteiger partial charge in [0.25, 0.3) is 0 Å². The van der Waals surface area contributed by atoms with Crippen molar-refractivity contribution in [2.75, 3.05) is 23.8 Å². The summed E-state index contributed by atoms with van der Waals surface area (Å²) in [5.41, 5.74) is 0.919. The van der Waals surface area contributed by atoms with Crippen LogP contribution < -0.4 is 15.5 Å². The number of pyridine rings is 1. The summed E-state index contributed by atoms with van der Waals surface area (Å²) in [7, 11) is 1.80. The van der Waals surface area contributed by atoms with Crippen LogP contribution in [0.5, 0.6) is 0 Å². The number of anilines is 2. The van der Waals surface area contributed by atoms with E-state index in [4.69, 9.17) is 12.2 Å². The lowest BCUT2D eigenvalue weighted by atomic mass is 10.0. The number of nitrogens with zero attached hydrogens (tertiary/aromatic N) is 2. The monoisotopic (exact) mass is 264 g/mol. The fourth-order valence-corrected chi connectivity index (χ4v) is 2.38. The van der Waals surface area contributed by atoms with Crippen LogP contribution in [0.1, 0.15) is 26.2 Å². The summed E-state index contributed by atoms with van der Waals surface area (Å²) in [6, 6.07) is 4.67. The van der Waals surface area contributed by atoms with E-state index in [1.54, 1.807) is 7.05 Å². The number of hydrogen-bond donors (Lipinski definition) is 2. The van der Waals surface area contributed by atoms with Crippen LogP contribution in [-0.2, 0) is 0 Å². The van der Waals surface area contributed by atoms with Crippen LogP contribution in [0, 0.1) is 0 Å². The van der Waals surface area contributed by atoms with Crippen molar-refractivity contribution < 1.29 is 0 Å². The summed E-state index contributed by atoms with van der Waals surface area (Å²) in [4.78, 5) is 6.89. The van der Waals surface area contributed by atoms with Crippen molar-refractivity contribution in [2.24, 2.45) is 0 Å². The molecule has 0 saturated carbocycles. The summed E-state index contributed by atoms with van der Waals surface area (Å²) in [5, 5.41) is 6.56. The summed E-state index contributed by atoms with van der Waals surface area (Å²) in [6.07, 6.45) is 5.68. The Balaban J connectivity index is 2.04. The highest BCUT2D eigenvalue weighted by molar-refractivity contribution is 7.80. The SMILES string of the molecule is CNC(=S)Nc1ccc(N2CCCC[C@@H]2C)nc1. The van der Waals surface area contributed by atoms with Crippen LogP contribution in [0.25, 0.3) is 0 Å². The molecule has 5 heteroatoms. The maximum Gasteiger partial charge on any atom is 0.170 e. The van der Waals surface area contributed by atoms with Crippen molar-refractivity contribution in [3.05, 3.63) is 18.3 Å². The van der Waals surface area contributed by atoms with Gasteiger partial charge in [-0.15, -0.1) is 0 Å². The molecule has 0 spiro atoms. The van der Waals surface area contributed by atoms with Crippen LogP contribution in [-0.4, -0.2) is 29.7 Å². The predicted molar refractivity (Wildman–Crippen MR) is 80.2 cm³/mol. The highest BCUT2D eigenvalue weighted by Gasteiger charge is 2.19. The van der Waals surface area contributed by atoms with Gasteiger partial charge in [-0.1, -0.05) is 0 Å². The zero-order chi connectivity index (χ0) is 13.0. The first-order valence-electron chi connectivity index (χ1n) is 6.42. The Morgan fingerprint density at radius 1 is 1.44 bits per heavy atom. The molecule has 2 heterocycles. The lowest BCUT2D eigenvalue weighted by Crippen LogP contribution is -2.37. The second-order valence-corrected chi connectivity index (χ2v) is 5.06. The van der Waals surface area contributed by atoms with Gasteiger partial charge in [0.05, 0.1) is 11.9 Å². The molecule has 1 saturated heterocycles. The molecule has 1 aromatic rings. The molecular formula is C13H20N4S. The predicted octanol–water partition coefficient (Wildman–Crippen LogP) is 2.38. The van der Waals surface area contributed by atoms with Crippen LogP contribution in [0.15, 0.2) is 18.3 Å². The first kappa shape index (κ1) is 13.1. The molecule has 0 amide bonds. The van der Waals surface area contributed by atoms with Crippen LogP contribution in [0.2, 0.25) is 0 Å². The molecule has 1 atom stereocenters. The van der Waals surface area contributed by atoms with Crippen molar-refractivity contribution in [3.8, 4) is 0 Å². The van der Waals surface area contributed by atoms with Gasteiger partial charge in [0.1, 0.15) is 5.82 Å². The summed E-state index contributed by atoms with van der Waals surface area (Å²) < 4.78 is 0. The number of nitrogens with one attached hydrogen (secondary N) is 2. The molecule has 0 aliphatic carbocycles. The van der Waals surface area contributed by atoms with Gasteiger partial charge in [-0.05, 0) is 50.5 Å². The van der Waals surface area contributed by atoms with Gasteiger partial charge in [-0.25, -0.2) is 4.98 Å². The average Bonchev–Trinajstić information content (AvgIpc) is 2.40. The minimum Gasteiger partial charge on any atom is -0.366 e. The molecule has 18 heavy (non-hydrogen) atoms. The average molecular weight is 264 g/mol. The third-order valence-corrected chi connectivity index (χ3v) is 3.64. The Hall–Kier alpha value is -1.36. The molecule has 4 nitrogen and oxygen atoms in total. The topological polar surface area (TPSA) is 40.2 Å². The molecule has 0 bridgehead atoms. The number of thiocarbonyl (C=S) groups is 1. The fraction of sp³-hybridized carbons (Fsp3) is 0.538. The highest BCUT2D eigenvalue weighted by atomic mass is 32.1. The fourth-order valence-electron chi connectivity index (χ4n) is 2.26.